The minimum atomic E-state index is -0.821. The first-order valence-corrected chi connectivity index (χ1v) is 27.8. The lowest BCUT2D eigenvalue weighted by atomic mass is 10.0. The zero-order valence-electron chi connectivity index (χ0n) is 43.6. The summed E-state index contributed by atoms with van der Waals surface area (Å²) in [6.07, 6.45) is 72.7. The summed E-state index contributed by atoms with van der Waals surface area (Å²) in [6, 6.07) is 0. The third-order valence-corrected chi connectivity index (χ3v) is 11.7. The van der Waals surface area contributed by atoms with Gasteiger partial charge in [-0.05, 0) is 70.6 Å². The van der Waals surface area contributed by atoms with Gasteiger partial charge >= 0.3 is 17.9 Å². The summed E-state index contributed by atoms with van der Waals surface area (Å²) in [4.78, 5) is 38.1. The molecule has 0 saturated carbocycles. The summed E-state index contributed by atoms with van der Waals surface area (Å²) in [5.41, 5.74) is 0. The number of esters is 3. The van der Waals surface area contributed by atoms with E-state index < -0.39 is 12.1 Å². The van der Waals surface area contributed by atoms with Gasteiger partial charge in [0.15, 0.2) is 6.10 Å². The van der Waals surface area contributed by atoms with Crippen molar-refractivity contribution in [3.05, 3.63) is 97.2 Å². The van der Waals surface area contributed by atoms with Crippen molar-refractivity contribution >= 4 is 17.9 Å². The summed E-state index contributed by atoms with van der Waals surface area (Å²) in [7, 11) is 0. The first-order chi connectivity index (χ1) is 33.0. The smallest absolute Gasteiger partial charge is 0.306 e. The molecule has 382 valence electrons. The molecule has 0 fully saturated rings. The summed E-state index contributed by atoms with van der Waals surface area (Å²) < 4.78 is 16.8. The molecule has 1 atom stereocenters. The van der Waals surface area contributed by atoms with Crippen LogP contribution in [0, 0.1) is 0 Å². The molecule has 0 N–H and O–H groups in total. The van der Waals surface area contributed by atoms with Gasteiger partial charge in [0.25, 0.3) is 0 Å². The normalized spacial score (nSPS) is 12.8. The van der Waals surface area contributed by atoms with Crippen molar-refractivity contribution in [2.45, 2.75) is 258 Å². The highest BCUT2D eigenvalue weighted by Gasteiger charge is 2.19. The molecule has 0 radical (unpaired) electrons. The first kappa shape index (κ1) is 63.3. The number of unbranched alkanes of at least 4 members (excludes halogenated alkanes) is 24. The minimum absolute atomic E-state index is 0.110. The van der Waals surface area contributed by atoms with Crippen LogP contribution < -0.4 is 0 Å². The maximum Gasteiger partial charge on any atom is 0.306 e. The van der Waals surface area contributed by atoms with E-state index in [1.54, 1.807) is 0 Å². The Bertz CT molecular complexity index is 1350. The average molecular weight is 931 g/mol. The fourth-order valence-electron chi connectivity index (χ4n) is 7.55. The SMILES string of the molecule is CC\C=C/C=C\C=C/CCCCCCCCCC(=O)OCC(COC(=O)CCCCCCCCCCCCCCCCCCCC)OC(=O)CC/C=C\C/C=C\C/C=C\C/C=C\C/C=C\CC. The van der Waals surface area contributed by atoms with Crippen molar-refractivity contribution in [1.29, 1.82) is 0 Å². The molecule has 0 aromatic heterocycles. The lowest BCUT2D eigenvalue weighted by molar-refractivity contribution is -0.166. The Morgan fingerprint density at radius 3 is 1.10 bits per heavy atom. The van der Waals surface area contributed by atoms with Crippen LogP contribution in [0.2, 0.25) is 0 Å². The summed E-state index contributed by atoms with van der Waals surface area (Å²) in [5, 5.41) is 0. The van der Waals surface area contributed by atoms with Crippen molar-refractivity contribution in [3.8, 4) is 0 Å². The summed E-state index contributed by atoms with van der Waals surface area (Å²) >= 11 is 0. The van der Waals surface area contributed by atoms with Crippen molar-refractivity contribution in [2.24, 2.45) is 0 Å². The number of carbonyl (C=O) groups is 3. The molecule has 0 aromatic rings. The van der Waals surface area contributed by atoms with Gasteiger partial charge in [0.1, 0.15) is 13.2 Å². The quantitative estimate of drug-likeness (QED) is 0.0199. The standard InChI is InChI=1S/C61H102O6/c1-4-7-10-13-16-19-22-25-28-30-31-34-36-39-42-45-48-51-54-60(63)66-57-58(56-65-59(62)53-50-47-44-41-38-35-32-27-24-21-18-15-12-9-6-3)67-61(64)55-52-49-46-43-40-37-33-29-26-23-20-17-14-11-8-5-2/h8-9,11-12,15,17-18,20-21,24,26,29,37,40,46,49,58H,4-7,10,13-14,16,19,22-23,25,27-28,30-36,38-39,41-45,47-48,50-57H2,1-3H3/b11-8-,12-9-,18-15-,20-17-,24-21-,29-26-,40-37-,49-46-. The van der Waals surface area contributed by atoms with Gasteiger partial charge in [-0.2, -0.15) is 0 Å². The van der Waals surface area contributed by atoms with Crippen LogP contribution in [0.3, 0.4) is 0 Å². The van der Waals surface area contributed by atoms with Crippen LogP contribution in [0.25, 0.3) is 0 Å². The number of carbonyl (C=O) groups excluding carboxylic acids is 3. The Labute approximate surface area is 413 Å². The van der Waals surface area contributed by atoms with E-state index in [4.69, 9.17) is 14.2 Å². The van der Waals surface area contributed by atoms with Gasteiger partial charge in [-0.25, -0.2) is 0 Å². The van der Waals surface area contributed by atoms with Gasteiger partial charge in [-0.1, -0.05) is 259 Å². The van der Waals surface area contributed by atoms with Gasteiger partial charge in [0, 0.05) is 19.3 Å². The molecule has 0 saturated heterocycles. The fraction of sp³-hybridized carbons (Fsp3) is 0.689. The molecule has 0 heterocycles. The molecular formula is C61H102O6. The van der Waals surface area contributed by atoms with Gasteiger partial charge < -0.3 is 14.2 Å². The molecular weight excluding hydrogens is 829 g/mol. The Balaban J connectivity index is 4.47. The second-order valence-corrected chi connectivity index (χ2v) is 18.1. The second-order valence-electron chi connectivity index (χ2n) is 18.1. The fourth-order valence-corrected chi connectivity index (χ4v) is 7.55. The van der Waals surface area contributed by atoms with Crippen LogP contribution in [-0.2, 0) is 28.6 Å². The Hall–Kier alpha value is -3.67. The number of hydrogen-bond donors (Lipinski definition) is 0. The maximum absolute atomic E-state index is 12.8. The number of ether oxygens (including phenoxy) is 3. The van der Waals surface area contributed by atoms with Crippen molar-refractivity contribution < 1.29 is 28.6 Å². The highest BCUT2D eigenvalue weighted by molar-refractivity contribution is 5.71. The third kappa shape index (κ3) is 53.2. The lowest BCUT2D eigenvalue weighted by Gasteiger charge is -2.18. The molecule has 0 aliphatic carbocycles. The van der Waals surface area contributed by atoms with Gasteiger partial charge in [0.2, 0.25) is 0 Å². The van der Waals surface area contributed by atoms with Crippen molar-refractivity contribution in [1.82, 2.24) is 0 Å². The van der Waals surface area contributed by atoms with E-state index in [0.717, 1.165) is 83.5 Å². The molecule has 0 rings (SSSR count). The first-order valence-electron chi connectivity index (χ1n) is 27.8. The Morgan fingerprint density at radius 2 is 0.687 bits per heavy atom. The summed E-state index contributed by atoms with van der Waals surface area (Å²) in [5.74, 6) is -1.00. The lowest BCUT2D eigenvalue weighted by Crippen LogP contribution is -2.30. The molecule has 0 amide bonds. The van der Waals surface area contributed by atoms with E-state index in [0.29, 0.717) is 19.3 Å². The van der Waals surface area contributed by atoms with E-state index in [9.17, 15) is 14.4 Å². The van der Waals surface area contributed by atoms with Crippen LogP contribution in [0.5, 0.6) is 0 Å². The molecule has 6 heteroatoms. The molecule has 0 bridgehead atoms. The largest absolute Gasteiger partial charge is 0.462 e. The molecule has 0 aromatic carbocycles. The molecule has 0 spiro atoms. The zero-order valence-corrected chi connectivity index (χ0v) is 43.6. The van der Waals surface area contributed by atoms with Gasteiger partial charge in [-0.15, -0.1) is 0 Å². The van der Waals surface area contributed by atoms with E-state index in [1.165, 1.54) is 122 Å². The predicted molar refractivity (Wildman–Crippen MR) is 288 cm³/mol. The van der Waals surface area contributed by atoms with Crippen LogP contribution in [0.4, 0.5) is 0 Å². The highest BCUT2D eigenvalue weighted by atomic mass is 16.6. The topological polar surface area (TPSA) is 78.9 Å². The molecule has 0 aliphatic rings. The van der Waals surface area contributed by atoms with E-state index >= 15 is 0 Å². The van der Waals surface area contributed by atoms with Crippen molar-refractivity contribution in [2.75, 3.05) is 13.2 Å². The van der Waals surface area contributed by atoms with E-state index in [2.05, 4.69) is 106 Å². The molecule has 67 heavy (non-hydrogen) atoms. The minimum Gasteiger partial charge on any atom is -0.462 e. The van der Waals surface area contributed by atoms with Gasteiger partial charge in [-0.3, -0.25) is 14.4 Å². The Morgan fingerprint density at radius 1 is 0.328 bits per heavy atom. The average Bonchev–Trinajstić information content (AvgIpc) is 3.33. The Kier molecular flexibility index (Phi) is 51.9. The maximum atomic E-state index is 12.8. The highest BCUT2D eigenvalue weighted by Crippen LogP contribution is 2.16. The zero-order chi connectivity index (χ0) is 48.6. The number of rotatable bonds is 49. The molecule has 6 nitrogen and oxygen atoms in total. The van der Waals surface area contributed by atoms with Crippen molar-refractivity contribution in [3.63, 3.8) is 0 Å². The molecule has 0 aliphatic heterocycles. The predicted octanol–water partition coefficient (Wildman–Crippen LogP) is 18.5. The van der Waals surface area contributed by atoms with Crippen LogP contribution in [-0.4, -0.2) is 37.2 Å². The number of hydrogen-bond acceptors (Lipinski definition) is 6. The van der Waals surface area contributed by atoms with Crippen LogP contribution in [0.15, 0.2) is 97.2 Å². The summed E-state index contributed by atoms with van der Waals surface area (Å²) in [6.45, 7) is 6.34. The van der Waals surface area contributed by atoms with E-state index in [1.807, 2.05) is 12.2 Å². The van der Waals surface area contributed by atoms with Crippen LogP contribution in [0.1, 0.15) is 252 Å². The third-order valence-electron chi connectivity index (χ3n) is 11.7. The van der Waals surface area contributed by atoms with E-state index in [-0.39, 0.29) is 31.6 Å². The van der Waals surface area contributed by atoms with Crippen LogP contribution >= 0.6 is 0 Å². The number of allylic oxidation sites excluding steroid dienone is 16. The monoisotopic (exact) mass is 931 g/mol. The molecule has 1 unspecified atom stereocenters. The van der Waals surface area contributed by atoms with Gasteiger partial charge in [0.05, 0.1) is 0 Å². The second kappa shape index (κ2) is 54.9.